The van der Waals surface area contributed by atoms with Crippen LogP contribution in [0.3, 0.4) is 0 Å². The summed E-state index contributed by atoms with van der Waals surface area (Å²) < 4.78 is 9.10. The van der Waals surface area contributed by atoms with Gasteiger partial charge in [0, 0.05) is 0 Å². The smallest absolute Gasteiger partial charge is 0.811 e. The Hall–Kier alpha value is 5.15. The van der Waals surface area contributed by atoms with Gasteiger partial charge in [0.15, 0.2) is 0 Å². The molecule has 0 atom stereocenters. The van der Waals surface area contributed by atoms with Gasteiger partial charge < -0.3 is 14.4 Å². The quantitative estimate of drug-likeness (QED) is 0.294. The Morgan fingerprint density at radius 1 is 0.900 bits per heavy atom. The zero-order chi connectivity index (χ0) is 4.50. The average molecular weight is 209 g/mol. The molecule has 0 aliphatic carbocycles. The van der Waals surface area contributed by atoms with Gasteiger partial charge in [0.25, 0.3) is 0 Å². The van der Waals surface area contributed by atoms with Gasteiger partial charge in [0.2, 0.25) is 0 Å². The van der Waals surface area contributed by atoms with Crippen LogP contribution in [0.15, 0.2) is 0 Å². The second-order valence-electron chi connectivity index (χ2n) is 0.771. The van der Waals surface area contributed by atoms with Crippen LogP contribution >= 0.6 is 7.60 Å². The van der Waals surface area contributed by atoms with Crippen molar-refractivity contribution in [3.05, 3.63) is 0 Å². The predicted molar refractivity (Wildman–Crippen MR) is 13.5 cm³/mol. The maximum Gasteiger partial charge on any atom is 1.00 e. The van der Waals surface area contributed by atoms with Crippen molar-refractivity contribution in [2.75, 3.05) is 6.66 Å². The summed E-state index contributed by atoms with van der Waals surface area (Å²) in [5, 5.41) is 0. The van der Waals surface area contributed by atoms with E-state index in [1.54, 1.807) is 0 Å². The van der Waals surface area contributed by atoms with E-state index in [2.05, 4.69) is 0 Å². The summed E-state index contributed by atoms with van der Waals surface area (Å²) in [5.74, 6) is 0. The zero-order valence-electron chi connectivity index (χ0n) is 7.67. The minimum absolute atomic E-state index is 0. The molecule has 9 heteroatoms. The second-order valence-corrected chi connectivity index (χ2v) is 2.31. The maximum atomic E-state index is 9.10. The molecule has 10 heavy (non-hydrogen) atoms. The molecule has 0 aromatic rings. The molecule has 0 N–H and O–H groups in total. The van der Waals surface area contributed by atoms with E-state index >= 15 is 0 Å². The normalized spacial score (nSPS) is 5.90. The van der Waals surface area contributed by atoms with Crippen LogP contribution in [0, 0.1) is 0 Å². The monoisotopic (exact) mass is 209 g/mol. The molecule has 0 bridgehead atoms. The fourth-order valence-electron chi connectivity index (χ4n) is 0. The van der Waals surface area contributed by atoms with E-state index in [1.807, 2.05) is 0 Å². The fraction of sp³-hybridized carbons (Fsp3) is 1.00. The van der Waals surface area contributed by atoms with Crippen molar-refractivity contribution >= 4 is 7.60 Å². The minimum Gasteiger partial charge on any atom is -0.811 e. The molecule has 0 aromatic heterocycles. The van der Waals surface area contributed by atoms with Crippen LogP contribution in [0.4, 0.5) is 0 Å². The van der Waals surface area contributed by atoms with Crippen molar-refractivity contribution in [1.82, 2.24) is 0 Å². The Balaban J connectivity index is -0.00000000800. The average Bonchev–Trinajstić information content (AvgIpc) is 0.722. The van der Waals surface area contributed by atoms with E-state index < -0.39 is 7.60 Å². The predicted octanol–water partition coefficient (Wildman–Crippen LogP) is -16.5. The second kappa shape index (κ2) is 19.7. The van der Waals surface area contributed by atoms with Gasteiger partial charge in [-0.15, -0.1) is 0 Å². The Kier molecular flexibility index (Phi) is 71.3. The van der Waals surface area contributed by atoms with E-state index in [1.165, 1.54) is 0 Å². The van der Waals surface area contributed by atoms with Gasteiger partial charge in [-0.25, -0.2) is 0 Å². The third-order valence-corrected chi connectivity index (χ3v) is 0. The summed E-state index contributed by atoms with van der Waals surface area (Å²) in [5.41, 5.74) is 0. The summed E-state index contributed by atoms with van der Waals surface area (Å²) in [6.45, 7) is 0.632. The van der Waals surface area contributed by atoms with E-state index in [-0.39, 0.29) is 148 Å². The zero-order valence-corrected chi connectivity index (χ0v) is 18.6. The van der Waals surface area contributed by atoms with Crippen LogP contribution in [0.5, 0.6) is 0 Å². The molecule has 0 amide bonds. The van der Waals surface area contributed by atoms with E-state index in [9.17, 15) is 0 Å². The summed E-state index contributed by atoms with van der Waals surface area (Å²) >= 11 is 0. The molecule has 3 nitrogen and oxygen atoms in total. The maximum absolute atomic E-state index is 9.10. The van der Waals surface area contributed by atoms with Crippen LogP contribution in [-0.4, -0.2) is 6.66 Å². The van der Waals surface area contributed by atoms with Crippen LogP contribution in [0.1, 0.15) is 0 Å². The van der Waals surface area contributed by atoms with Crippen LogP contribution in [0.25, 0.3) is 0 Å². The van der Waals surface area contributed by atoms with Gasteiger partial charge in [-0.2, -0.15) is 0 Å². The van der Waals surface area contributed by atoms with Gasteiger partial charge in [0.05, 0.1) is 0 Å². The first-order chi connectivity index (χ1) is 2.00. The topological polar surface area (TPSA) is 63.2 Å². The molecule has 0 saturated carbocycles. The van der Waals surface area contributed by atoms with Gasteiger partial charge in [-0.1, -0.05) is 7.60 Å². The first-order valence-electron chi connectivity index (χ1n) is 0.995. The fourth-order valence-corrected chi connectivity index (χ4v) is 0. The first-order valence-corrected chi connectivity index (χ1v) is 2.98. The molecule has 0 aliphatic rings. The van der Waals surface area contributed by atoms with Crippen molar-refractivity contribution < 1.29 is 162 Å². The van der Waals surface area contributed by atoms with Crippen molar-refractivity contribution in [3.63, 3.8) is 0 Å². The molecular weight excluding hydrogens is 206 g/mol. The molecular formula is CH3Na5O3P+3. The first kappa shape index (κ1) is 36.2. The standard InChI is InChI=1S/CH5O3P.5Na/c1-5(2,3)4;;;;;/h1H3,(H2,2,3,4);;;;;/q;5*+1/p-2. The molecule has 0 fully saturated rings. The van der Waals surface area contributed by atoms with Crippen LogP contribution < -0.4 is 158 Å². The molecule has 32 valence electrons. The Bertz CT molecular complexity index is 63.0. The SMILES string of the molecule is CP(=O)([O-])[O-].[Na+].[Na+].[Na+].[Na+].[Na+]. The molecule has 0 rings (SSSR count). The molecule has 0 aliphatic heterocycles. The van der Waals surface area contributed by atoms with Crippen LogP contribution in [0.2, 0.25) is 0 Å². The third kappa shape index (κ3) is 73.2. The van der Waals surface area contributed by atoms with E-state index in [0.29, 0.717) is 6.66 Å². The molecule has 0 aromatic carbocycles. The van der Waals surface area contributed by atoms with Crippen molar-refractivity contribution in [3.8, 4) is 0 Å². The van der Waals surface area contributed by atoms with Crippen molar-refractivity contribution in [1.29, 1.82) is 0 Å². The third-order valence-electron chi connectivity index (χ3n) is 0. The van der Waals surface area contributed by atoms with E-state index in [4.69, 9.17) is 14.4 Å². The number of rotatable bonds is 0. The summed E-state index contributed by atoms with van der Waals surface area (Å²) in [7, 11) is -4.14. The van der Waals surface area contributed by atoms with Gasteiger partial charge in [0.1, 0.15) is 0 Å². The molecule has 0 saturated heterocycles. The number of hydrogen-bond donors (Lipinski definition) is 0. The summed E-state index contributed by atoms with van der Waals surface area (Å²) in [4.78, 5) is 18.2. The molecule has 0 radical (unpaired) electrons. The van der Waals surface area contributed by atoms with Crippen LogP contribution in [-0.2, 0) is 4.57 Å². The molecule has 0 heterocycles. The Morgan fingerprint density at radius 3 is 0.900 bits per heavy atom. The van der Waals surface area contributed by atoms with Gasteiger partial charge >= 0.3 is 148 Å². The largest absolute Gasteiger partial charge is 1.00 e. The molecule has 0 unspecified atom stereocenters. The Labute approximate surface area is 172 Å². The van der Waals surface area contributed by atoms with E-state index in [0.717, 1.165) is 0 Å². The molecule has 0 spiro atoms. The van der Waals surface area contributed by atoms with Crippen molar-refractivity contribution in [2.24, 2.45) is 0 Å². The summed E-state index contributed by atoms with van der Waals surface area (Å²) in [6.07, 6.45) is 0. The Morgan fingerprint density at radius 2 is 0.900 bits per heavy atom. The van der Waals surface area contributed by atoms with Gasteiger partial charge in [-0.3, -0.25) is 0 Å². The number of hydrogen-bond acceptors (Lipinski definition) is 3. The minimum atomic E-state index is -4.14. The van der Waals surface area contributed by atoms with Gasteiger partial charge in [-0.05, 0) is 6.66 Å². The summed E-state index contributed by atoms with van der Waals surface area (Å²) in [6, 6.07) is 0. The van der Waals surface area contributed by atoms with Crippen molar-refractivity contribution in [2.45, 2.75) is 0 Å².